The summed E-state index contributed by atoms with van der Waals surface area (Å²) in [5.41, 5.74) is 6.19. The smallest absolute Gasteiger partial charge is 0.242 e. The van der Waals surface area contributed by atoms with Gasteiger partial charge in [0.2, 0.25) is 5.91 Å². The van der Waals surface area contributed by atoms with Gasteiger partial charge in [-0.2, -0.15) is 5.10 Å². The quantitative estimate of drug-likeness (QED) is 0.458. The van der Waals surface area contributed by atoms with Crippen molar-refractivity contribution >= 4 is 40.6 Å². The van der Waals surface area contributed by atoms with Gasteiger partial charge in [-0.3, -0.25) is 14.7 Å². The van der Waals surface area contributed by atoms with Crippen molar-refractivity contribution in [2.45, 2.75) is 25.0 Å². The number of amides is 1. The van der Waals surface area contributed by atoms with Gasteiger partial charge < -0.3 is 25.3 Å². The van der Waals surface area contributed by atoms with E-state index in [9.17, 15) is 4.79 Å². The van der Waals surface area contributed by atoms with E-state index in [1.54, 1.807) is 12.1 Å². The van der Waals surface area contributed by atoms with Crippen LogP contribution in [0, 0.1) is 0 Å². The van der Waals surface area contributed by atoms with Crippen LogP contribution in [0.1, 0.15) is 12.8 Å². The molecular weight excluding hydrogens is 457 g/mol. The zero-order valence-electron chi connectivity index (χ0n) is 18.3. The largest absolute Gasteiger partial charge is 0.378 e. The van der Waals surface area contributed by atoms with Crippen LogP contribution in [0.2, 0.25) is 10.0 Å². The molecule has 1 amide bonds. The molecule has 0 spiro atoms. The van der Waals surface area contributed by atoms with E-state index in [0.717, 1.165) is 5.69 Å². The maximum absolute atomic E-state index is 12.8. The first-order chi connectivity index (χ1) is 15.5. The molecule has 3 N–H and O–H groups in total. The summed E-state index contributed by atoms with van der Waals surface area (Å²) >= 11 is 12.1. The first kappa shape index (κ1) is 25.2. The summed E-state index contributed by atoms with van der Waals surface area (Å²) in [6.45, 7) is 4.42. The second kappa shape index (κ2) is 12.7. The number of anilines is 1. The highest BCUT2D eigenvalue weighted by molar-refractivity contribution is 6.42. The van der Waals surface area contributed by atoms with E-state index < -0.39 is 0 Å². The molecule has 11 heteroatoms. The van der Waals surface area contributed by atoms with E-state index in [4.69, 9.17) is 43.1 Å². The molecule has 0 radical (unpaired) electrons. The Hall–Kier alpha value is -1.46. The number of hydrogen-bond donors (Lipinski definition) is 2. The minimum absolute atomic E-state index is 0.00827. The van der Waals surface area contributed by atoms with Crippen LogP contribution in [0.25, 0.3) is 0 Å². The summed E-state index contributed by atoms with van der Waals surface area (Å²) in [6, 6.07) is 5.10. The van der Waals surface area contributed by atoms with Crippen LogP contribution in [0.5, 0.6) is 0 Å². The Morgan fingerprint density at radius 3 is 2.69 bits per heavy atom. The predicted molar refractivity (Wildman–Crippen MR) is 125 cm³/mol. The lowest BCUT2D eigenvalue weighted by atomic mass is 10.2. The van der Waals surface area contributed by atoms with Gasteiger partial charge in [0, 0.05) is 26.1 Å². The third-order valence-corrected chi connectivity index (χ3v) is 6.04. The van der Waals surface area contributed by atoms with E-state index in [1.165, 1.54) is 0 Å². The van der Waals surface area contributed by atoms with Gasteiger partial charge in [-0.05, 0) is 31.7 Å². The fraction of sp³-hybridized carbons (Fsp3) is 0.619. The average molecular weight is 488 g/mol. The number of benzene rings is 1. The van der Waals surface area contributed by atoms with E-state index in [-0.39, 0.29) is 18.1 Å². The maximum Gasteiger partial charge on any atom is 0.242 e. The second-order valence-corrected chi connectivity index (χ2v) is 8.52. The average Bonchev–Trinajstić information content (AvgIpc) is 3.38. The maximum atomic E-state index is 12.8. The van der Waals surface area contributed by atoms with Crippen molar-refractivity contribution in [1.29, 1.82) is 0 Å². The topological polar surface area (TPSA) is 102 Å². The molecule has 2 heterocycles. The predicted octanol–water partition coefficient (Wildman–Crippen LogP) is 1.71. The molecule has 2 aliphatic heterocycles. The monoisotopic (exact) mass is 487 g/mol. The number of halogens is 2. The molecule has 3 rings (SSSR count). The molecule has 178 valence electrons. The number of likely N-dealkylation sites (tertiary alicyclic amines) is 1. The Kier molecular flexibility index (Phi) is 9.98. The van der Waals surface area contributed by atoms with Crippen molar-refractivity contribution in [3.05, 3.63) is 28.2 Å². The van der Waals surface area contributed by atoms with Gasteiger partial charge in [0.05, 0.1) is 60.9 Å². The Morgan fingerprint density at radius 2 is 1.94 bits per heavy atom. The molecule has 2 atom stereocenters. The number of carbonyl (C=O) groups is 1. The SMILES string of the molecule is CN1C[C@@H](OCCOCCOCCN)C[C@H]1C(=O)NC1=NN(c2ccc(Cl)c(Cl)c2)CC1. The standard InChI is InChI=1S/C21H31Cl2N5O4/c1-27-14-16(32-11-10-31-9-8-30-7-5-24)13-19(27)21(29)25-20-4-6-28(26-20)15-2-3-17(22)18(23)12-15/h2-3,12,16,19H,4-11,13-14,24H2,1H3,(H,25,26,29)/t16-,19-/m0/s1. The molecule has 1 saturated heterocycles. The van der Waals surface area contributed by atoms with Crippen molar-refractivity contribution in [3.63, 3.8) is 0 Å². The molecule has 0 aliphatic carbocycles. The van der Waals surface area contributed by atoms with E-state index in [0.29, 0.717) is 81.4 Å². The lowest BCUT2D eigenvalue weighted by Gasteiger charge is -2.17. The molecule has 0 bridgehead atoms. The zero-order chi connectivity index (χ0) is 22.9. The minimum atomic E-state index is -0.257. The lowest BCUT2D eigenvalue weighted by Crippen LogP contribution is -2.43. The number of hydrazone groups is 1. The molecule has 1 aromatic rings. The summed E-state index contributed by atoms with van der Waals surface area (Å²) in [5, 5.41) is 10.3. The van der Waals surface area contributed by atoms with E-state index in [1.807, 2.05) is 23.0 Å². The Labute approximate surface area is 198 Å². The first-order valence-electron chi connectivity index (χ1n) is 10.8. The summed E-state index contributed by atoms with van der Waals surface area (Å²) < 4.78 is 16.6. The Bertz CT molecular complexity index is 797. The summed E-state index contributed by atoms with van der Waals surface area (Å²) in [5.74, 6) is 0.575. The molecule has 0 unspecified atom stereocenters. The number of hydrogen-bond acceptors (Lipinski definition) is 8. The van der Waals surface area contributed by atoms with Crippen molar-refractivity contribution in [2.24, 2.45) is 10.8 Å². The number of likely N-dealkylation sites (N-methyl/N-ethyl adjacent to an activating group) is 1. The molecule has 1 fully saturated rings. The van der Waals surface area contributed by atoms with Crippen LogP contribution in [-0.2, 0) is 19.0 Å². The first-order valence-corrected chi connectivity index (χ1v) is 11.5. The molecule has 0 aromatic heterocycles. The Morgan fingerprint density at radius 1 is 1.19 bits per heavy atom. The number of nitrogens with two attached hydrogens (primary N) is 1. The van der Waals surface area contributed by atoms with Crippen LogP contribution in [-0.4, -0.2) is 88.5 Å². The van der Waals surface area contributed by atoms with Gasteiger partial charge in [-0.25, -0.2) is 0 Å². The lowest BCUT2D eigenvalue weighted by molar-refractivity contribution is -0.123. The number of nitrogens with zero attached hydrogens (tertiary/aromatic N) is 3. The summed E-state index contributed by atoms with van der Waals surface area (Å²) in [4.78, 5) is 14.8. The van der Waals surface area contributed by atoms with Crippen molar-refractivity contribution in [3.8, 4) is 0 Å². The number of carbonyl (C=O) groups excluding carboxylic acids is 1. The van der Waals surface area contributed by atoms with E-state index >= 15 is 0 Å². The molecular formula is C21H31Cl2N5O4. The van der Waals surface area contributed by atoms with Crippen LogP contribution >= 0.6 is 23.2 Å². The van der Waals surface area contributed by atoms with Gasteiger partial charge in [-0.1, -0.05) is 23.2 Å². The summed E-state index contributed by atoms with van der Waals surface area (Å²) in [6.07, 6.45) is 1.27. The fourth-order valence-corrected chi connectivity index (χ4v) is 3.95. The van der Waals surface area contributed by atoms with Gasteiger partial charge in [-0.15, -0.1) is 0 Å². The summed E-state index contributed by atoms with van der Waals surface area (Å²) in [7, 11) is 1.93. The third-order valence-electron chi connectivity index (χ3n) is 5.30. The number of amidine groups is 1. The van der Waals surface area contributed by atoms with Gasteiger partial charge in [0.25, 0.3) is 0 Å². The van der Waals surface area contributed by atoms with Gasteiger partial charge >= 0.3 is 0 Å². The Balaban J connectivity index is 1.39. The highest BCUT2D eigenvalue weighted by Gasteiger charge is 2.35. The van der Waals surface area contributed by atoms with Crippen LogP contribution in [0.15, 0.2) is 23.3 Å². The number of rotatable bonds is 11. The van der Waals surface area contributed by atoms with E-state index in [2.05, 4.69) is 10.4 Å². The highest BCUT2D eigenvalue weighted by atomic mass is 35.5. The second-order valence-electron chi connectivity index (χ2n) is 7.70. The normalized spacial score (nSPS) is 21.2. The number of ether oxygens (including phenoxy) is 3. The molecule has 9 nitrogen and oxygen atoms in total. The van der Waals surface area contributed by atoms with Crippen molar-refractivity contribution < 1.29 is 19.0 Å². The third kappa shape index (κ3) is 7.28. The van der Waals surface area contributed by atoms with Crippen molar-refractivity contribution in [1.82, 2.24) is 10.2 Å². The van der Waals surface area contributed by atoms with Crippen LogP contribution in [0.4, 0.5) is 5.69 Å². The van der Waals surface area contributed by atoms with Gasteiger partial charge in [0.15, 0.2) is 0 Å². The van der Waals surface area contributed by atoms with Crippen LogP contribution < -0.4 is 16.1 Å². The number of nitrogens with one attached hydrogen (secondary N) is 1. The minimum Gasteiger partial charge on any atom is -0.378 e. The van der Waals surface area contributed by atoms with Crippen LogP contribution in [0.3, 0.4) is 0 Å². The van der Waals surface area contributed by atoms with Crippen molar-refractivity contribution in [2.75, 3.05) is 64.7 Å². The zero-order valence-corrected chi connectivity index (χ0v) is 19.8. The molecule has 2 aliphatic rings. The molecule has 32 heavy (non-hydrogen) atoms. The van der Waals surface area contributed by atoms with Gasteiger partial charge in [0.1, 0.15) is 5.84 Å². The molecule has 1 aromatic carbocycles. The fourth-order valence-electron chi connectivity index (χ4n) is 3.66. The molecule has 0 saturated carbocycles. The highest BCUT2D eigenvalue weighted by Crippen LogP contribution is 2.28.